The summed E-state index contributed by atoms with van der Waals surface area (Å²) in [4.78, 5) is 7.07. The van der Waals surface area contributed by atoms with Crippen LogP contribution in [-0.2, 0) is 13.5 Å². The van der Waals surface area contributed by atoms with Crippen molar-refractivity contribution >= 4 is 11.6 Å². The minimum absolute atomic E-state index is 0.414. The first-order valence-corrected chi connectivity index (χ1v) is 7.03. The molecule has 17 heavy (non-hydrogen) atoms. The molecule has 2 aliphatic rings. The zero-order valence-corrected chi connectivity index (χ0v) is 11.1. The zero-order valence-electron chi connectivity index (χ0n) is 10.3. The summed E-state index contributed by atoms with van der Waals surface area (Å²) in [6, 6.07) is 1.47. The van der Waals surface area contributed by atoms with E-state index in [0.717, 1.165) is 25.0 Å². The number of aryl methyl sites for hydroxylation is 1. The van der Waals surface area contributed by atoms with E-state index in [1.54, 1.807) is 0 Å². The normalized spacial score (nSPS) is 33.2. The van der Waals surface area contributed by atoms with Crippen LogP contribution in [0.5, 0.6) is 0 Å². The lowest BCUT2D eigenvalue weighted by Gasteiger charge is -2.36. The number of rotatable bonds is 3. The van der Waals surface area contributed by atoms with Crippen LogP contribution in [0.3, 0.4) is 0 Å². The van der Waals surface area contributed by atoms with Crippen molar-refractivity contribution in [2.45, 2.75) is 49.6 Å². The van der Waals surface area contributed by atoms with Gasteiger partial charge in [-0.25, -0.2) is 4.98 Å². The molecular weight excluding hydrogens is 234 g/mol. The summed E-state index contributed by atoms with van der Waals surface area (Å²) in [5, 5.41) is 0.414. The van der Waals surface area contributed by atoms with Crippen LogP contribution in [0.15, 0.2) is 12.4 Å². The number of hydrogen-bond donors (Lipinski definition) is 0. The Hall–Kier alpha value is -0.540. The summed E-state index contributed by atoms with van der Waals surface area (Å²) in [7, 11) is 2.07. The van der Waals surface area contributed by atoms with Gasteiger partial charge in [-0.2, -0.15) is 0 Å². The second-order valence-electron chi connectivity index (χ2n) is 5.40. The Morgan fingerprint density at radius 3 is 2.65 bits per heavy atom. The van der Waals surface area contributed by atoms with Gasteiger partial charge in [0.25, 0.3) is 0 Å². The molecule has 3 nitrogen and oxygen atoms in total. The molecule has 2 atom stereocenters. The average molecular weight is 254 g/mol. The van der Waals surface area contributed by atoms with Crippen LogP contribution < -0.4 is 0 Å². The first-order chi connectivity index (χ1) is 8.24. The largest absolute Gasteiger partial charge is 0.338 e. The highest BCUT2D eigenvalue weighted by Gasteiger charge is 2.39. The smallest absolute Gasteiger partial charge is 0.109 e. The van der Waals surface area contributed by atoms with Crippen LogP contribution in [-0.4, -0.2) is 38.5 Å². The van der Waals surface area contributed by atoms with Crippen molar-refractivity contribution in [2.24, 2.45) is 7.05 Å². The van der Waals surface area contributed by atoms with Crippen LogP contribution in [0.1, 0.15) is 31.5 Å². The van der Waals surface area contributed by atoms with Gasteiger partial charge in [0.1, 0.15) is 5.82 Å². The molecule has 0 radical (unpaired) electrons. The molecule has 0 aromatic carbocycles. The zero-order chi connectivity index (χ0) is 11.8. The Balaban J connectivity index is 1.61. The number of nitrogens with zero attached hydrogens (tertiary/aromatic N) is 3. The van der Waals surface area contributed by atoms with Crippen LogP contribution in [0, 0.1) is 0 Å². The van der Waals surface area contributed by atoms with Crippen molar-refractivity contribution in [3.63, 3.8) is 0 Å². The number of hydrogen-bond acceptors (Lipinski definition) is 2. The third-order valence-corrected chi connectivity index (χ3v) is 4.70. The summed E-state index contributed by atoms with van der Waals surface area (Å²) >= 11 is 6.29. The van der Waals surface area contributed by atoms with Crippen LogP contribution in [0.4, 0.5) is 0 Å². The number of imidazole rings is 1. The van der Waals surface area contributed by atoms with Crippen molar-refractivity contribution in [3.8, 4) is 0 Å². The highest BCUT2D eigenvalue weighted by Crippen LogP contribution is 2.37. The minimum Gasteiger partial charge on any atom is -0.338 e. The van der Waals surface area contributed by atoms with Gasteiger partial charge in [-0.3, -0.25) is 4.90 Å². The van der Waals surface area contributed by atoms with E-state index in [1.165, 1.54) is 31.5 Å². The highest BCUT2D eigenvalue weighted by molar-refractivity contribution is 6.20. The van der Waals surface area contributed by atoms with Gasteiger partial charge in [-0.15, -0.1) is 11.6 Å². The molecule has 4 heteroatoms. The van der Waals surface area contributed by atoms with Gasteiger partial charge in [0.2, 0.25) is 0 Å². The van der Waals surface area contributed by atoms with E-state index in [9.17, 15) is 0 Å². The molecule has 0 N–H and O–H groups in total. The van der Waals surface area contributed by atoms with Crippen LogP contribution >= 0.6 is 11.6 Å². The van der Waals surface area contributed by atoms with Crippen molar-refractivity contribution in [3.05, 3.63) is 18.2 Å². The lowest BCUT2D eigenvalue weighted by atomic mass is 10.0. The maximum absolute atomic E-state index is 6.29. The Labute approximate surface area is 108 Å². The van der Waals surface area contributed by atoms with E-state index in [1.807, 2.05) is 12.4 Å². The van der Waals surface area contributed by atoms with E-state index >= 15 is 0 Å². The third-order valence-electron chi connectivity index (χ3n) is 4.34. The SMILES string of the molecule is Cn1ccnc1CCN1C2CCC1CC(Cl)C2. The van der Waals surface area contributed by atoms with Crippen LogP contribution in [0.2, 0.25) is 0 Å². The first-order valence-electron chi connectivity index (χ1n) is 6.60. The molecule has 0 amide bonds. The van der Waals surface area contributed by atoms with E-state index in [2.05, 4.69) is 21.5 Å². The van der Waals surface area contributed by atoms with E-state index in [4.69, 9.17) is 11.6 Å². The number of aromatic nitrogens is 2. The molecule has 2 bridgehead atoms. The van der Waals surface area contributed by atoms with Gasteiger partial charge < -0.3 is 4.57 Å². The topological polar surface area (TPSA) is 21.1 Å². The molecular formula is C13H20ClN3. The summed E-state index contributed by atoms with van der Waals surface area (Å²) in [5.41, 5.74) is 0. The maximum Gasteiger partial charge on any atom is 0.109 e. The third kappa shape index (κ3) is 2.23. The molecule has 0 aliphatic carbocycles. The standard InChI is InChI=1S/C13H20ClN3/c1-16-7-5-15-13(16)4-6-17-11-2-3-12(17)9-10(14)8-11/h5,7,10-12H,2-4,6,8-9H2,1H3. The Bertz CT molecular complexity index is 376. The summed E-state index contributed by atoms with van der Waals surface area (Å²) in [5.74, 6) is 1.19. The summed E-state index contributed by atoms with van der Waals surface area (Å²) in [6.07, 6.45) is 10.0. The van der Waals surface area contributed by atoms with Crippen molar-refractivity contribution in [1.29, 1.82) is 0 Å². The predicted octanol–water partition coefficient (Wildman–Crippen LogP) is 2.20. The lowest BCUT2D eigenvalue weighted by Crippen LogP contribution is -2.44. The number of fused-ring (bicyclic) bond motifs is 2. The quantitative estimate of drug-likeness (QED) is 0.770. The molecule has 3 heterocycles. The molecule has 2 fully saturated rings. The molecule has 3 rings (SSSR count). The molecule has 1 aromatic heterocycles. The van der Waals surface area contributed by atoms with Gasteiger partial charge in [-0.1, -0.05) is 0 Å². The van der Waals surface area contributed by atoms with Gasteiger partial charge in [0.15, 0.2) is 0 Å². The van der Waals surface area contributed by atoms with E-state index < -0.39 is 0 Å². The second kappa shape index (κ2) is 4.62. The van der Waals surface area contributed by atoms with Gasteiger partial charge in [0.05, 0.1) is 0 Å². The van der Waals surface area contributed by atoms with Crippen molar-refractivity contribution in [2.75, 3.05) is 6.54 Å². The molecule has 1 aromatic rings. The Kier molecular flexibility index (Phi) is 3.14. The molecule has 2 unspecified atom stereocenters. The summed E-state index contributed by atoms with van der Waals surface area (Å²) < 4.78 is 2.12. The number of halogens is 1. The second-order valence-corrected chi connectivity index (χ2v) is 6.01. The average Bonchev–Trinajstić information content (AvgIpc) is 2.79. The van der Waals surface area contributed by atoms with Gasteiger partial charge in [-0.05, 0) is 25.7 Å². The van der Waals surface area contributed by atoms with Crippen LogP contribution in [0.25, 0.3) is 0 Å². The van der Waals surface area contributed by atoms with Gasteiger partial charge in [0, 0.05) is 49.9 Å². The Morgan fingerprint density at radius 1 is 1.35 bits per heavy atom. The predicted molar refractivity (Wildman–Crippen MR) is 69.3 cm³/mol. The van der Waals surface area contributed by atoms with Crippen molar-refractivity contribution < 1.29 is 0 Å². The molecule has 0 saturated carbocycles. The highest BCUT2D eigenvalue weighted by atomic mass is 35.5. The van der Waals surface area contributed by atoms with Crippen molar-refractivity contribution in [1.82, 2.24) is 14.5 Å². The lowest BCUT2D eigenvalue weighted by molar-refractivity contribution is 0.143. The molecule has 94 valence electrons. The number of piperidine rings is 1. The fourth-order valence-corrected chi connectivity index (χ4v) is 3.85. The van der Waals surface area contributed by atoms with E-state index in [0.29, 0.717) is 5.38 Å². The summed E-state index contributed by atoms with van der Waals surface area (Å²) in [6.45, 7) is 1.14. The molecule has 2 aliphatic heterocycles. The maximum atomic E-state index is 6.29. The minimum atomic E-state index is 0.414. The monoisotopic (exact) mass is 253 g/mol. The number of alkyl halides is 1. The molecule has 0 spiro atoms. The Morgan fingerprint density at radius 2 is 2.06 bits per heavy atom. The van der Waals surface area contributed by atoms with Gasteiger partial charge >= 0.3 is 0 Å². The first kappa shape index (κ1) is 11.5. The fraction of sp³-hybridized carbons (Fsp3) is 0.769. The molecule has 2 saturated heterocycles. The van der Waals surface area contributed by atoms with E-state index in [-0.39, 0.29) is 0 Å². The fourth-order valence-electron chi connectivity index (χ4n) is 3.44.